The van der Waals surface area contributed by atoms with Gasteiger partial charge in [-0.1, -0.05) is 24.0 Å². The van der Waals surface area contributed by atoms with Crippen LogP contribution in [-0.4, -0.2) is 32.5 Å². The molecule has 0 bridgehead atoms. The van der Waals surface area contributed by atoms with E-state index in [1.54, 1.807) is 17.6 Å². The molecular weight excluding hydrogens is 382 g/mol. The fourth-order valence-electron chi connectivity index (χ4n) is 3.23. The van der Waals surface area contributed by atoms with Crippen LogP contribution in [0.2, 0.25) is 0 Å². The molecule has 2 heterocycles. The van der Waals surface area contributed by atoms with Crippen LogP contribution in [0.1, 0.15) is 28.8 Å². The van der Waals surface area contributed by atoms with Crippen molar-refractivity contribution in [2.24, 2.45) is 5.92 Å². The zero-order valence-electron chi connectivity index (χ0n) is 15.8. The molecule has 7 heteroatoms. The largest absolute Gasteiger partial charge is 0.393 e. The Morgan fingerprint density at radius 3 is 2.63 bits per heavy atom. The van der Waals surface area contributed by atoms with Crippen LogP contribution in [0.15, 0.2) is 48.8 Å². The normalized spacial score (nSPS) is 17.1. The van der Waals surface area contributed by atoms with Gasteiger partial charge in [0, 0.05) is 27.8 Å². The van der Waals surface area contributed by atoms with Crippen molar-refractivity contribution in [2.45, 2.75) is 18.9 Å². The molecule has 0 radical (unpaired) electrons. The summed E-state index contributed by atoms with van der Waals surface area (Å²) in [5.41, 5.74) is 4.40. The lowest BCUT2D eigenvalue weighted by atomic mass is 9.83. The fraction of sp³-hybridized carbons (Fsp3) is 0.174. The number of rotatable bonds is 2. The number of carbonyl (C=O) groups excluding carboxylic acids is 1. The summed E-state index contributed by atoms with van der Waals surface area (Å²) in [6, 6.07) is 10.5. The lowest BCUT2D eigenvalue weighted by Crippen LogP contribution is -2.29. The summed E-state index contributed by atoms with van der Waals surface area (Å²) in [6.07, 6.45) is 3.97. The van der Waals surface area contributed by atoms with Crippen LogP contribution in [0.25, 0.3) is 22.2 Å². The van der Waals surface area contributed by atoms with Crippen molar-refractivity contribution in [3.63, 3.8) is 0 Å². The molecular formula is C23H18N3O4+. The number of aromatic nitrogens is 2. The number of hydroxylamine groups is 1. The highest BCUT2D eigenvalue weighted by Crippen LogP contribution is 2.26. The lowest BCUT2D eigenvalue weighted by Gasteiger charge is -2.26. The van der Waals surface area contributed by atoms with E-state index in [0.717, 1.165) is 28.7 Å². The summed E-state index contributed by atoms with van der Waals surface area (Å²) >= 11 is 0. The molecule has 1 aliphatic rings. The van der Waals surface area contributed by atoms with Gasteiger partial charge in [-0.3, -0.25) is 15.2 Å². The first-order chi connectivity index (χ1) is 14.5. The fourth-order valence-corrected chi connectivity index (χ4v) is 3.23. The molecule has 0 aliphatic heterocycles. The second-order valence-electron chi connectivity index (χ2n) is 7.04. The smallest absolute Gasteiger partial charge is 0.275 e. The van der Waals surface area contributed by atoms with Crippen LogP contribution in [0.5, 0.6) is 0 Å². The first-order valence-corrected chi connectivity index (χ1v) is 9.33. The molecule has 0 atom stereocenters. The summed E-state index contributed by atoms with van der Waals surface area (Å²) < 4.78 is 0.821. The first-order valence-electron chi connectivity index (χ1n) is 9.33. The Hall–Kier alpha value is -3.91. The molecule has 3 aromatic rings. The molecule has 1 aliphatic carbocycles. The topological polar surface area (TPSA) is 107 Å². The Labute approximate surface area is 172 Å². The maximum atomic E-state index is 12.1. The highest BCUT2D eigenvalue weighted by molar-refractivity contribution is 6.06. The van der Waals surface area contributed by atoms with Crippen molar-refractivity contribution >= 4 is 16.8 Å². The van der Waals surface area contributed by atoms with E-state index in [9.17, 15) is 15.1 Å². The van der Waals surface area contributed by atoms with Crippen molar-refractivity contribution < 1.29 is 25.0 Å². The number of benzene rings is 1. The van der Waals surface area contributed by atoms with E-state index in [1.165, 1.54) is 12.4 Å². The Bertz CT molecular complexity index is 1240. The summed E-state index contributed by atoms with van der Waals surface area (Å²) in [4.78, 5) is 16.6. The van der Waals surface area contributed by atoms with Gasteiger partial charge in [-0.05, 0) is 42.9 Å². The SMILES string of the molecule is O=C(NO)c1cc(-c2ccc(C#CC#CC3CC(O)C3)cc2)nc2cc[n+](O)cc12. The number of carbonyl (C=O) groups is 1. The monoisotopic (exact) mass is 400 g/mol. The number of hydrogen-bond acceptors (Lipinski definition) is 5. The molecule has 0 spiro atoms. The number of nitrogens with one attached hydrogen (secondary N) is 1. The van der Waals surface area contributed by atoms with Crippen LogP contribution < -0.4 is 10.2 Å². The highest BCUT2D eigenvalue weighted by Gasteiger charge is 2.24. The summed E-state index contributed by atoms with van der Waals surface area (Å²) in [5, 5.41) is 28.3. The van der Waals surface area contributed by atoms with Crippen LogP contribution in [0, 0.1) is 29.6 Å². The van der Waals surface area contributed by atoms with E-state index in [4.69, 9.17) is 5.21 Å². The van der Waals surface area contributed by atoms with Crippen LogP contribution in [0.3, 0.4) is 0 Å². The first kappa shape index (κ1) is 19.4. The van der Waals surface area contributed by atoms with Gasteiger partial charge < -0.3 is 5.11 Å². The van der Waals surface area contributed by atoms with Crippen molar-refractivity contribution in [2.75, 3.05) is 0 Å². The van der Waals surface area contributed by atoms with E-state index in [2.05, 4.69) is 28.7 Å². The van der Waals surface area contributed by atoms with Crippen molar-refractivity contribution in [1.29, 1.82) is 0 Å². The van der Waals surface area contributed by atoms with Crippen molar-refractivity contribution in [3.8, 4) is 34.9 Å². The van der Waals surface area contributed by atoms with Gasteiger partial charge in [0.25, 0.3) is 5.91 Å². The summed E-state index contributed by atoms with van der Waals surface area (Å²) in [6.45, 7) is 0. The number of amides is 1. The summed E-state index contributed by atoms with van der Waals surface area (Å²) in [7, 11) is 0. The standard InChI is InChI=1S/C23H17N3O4/c27-18-11-16(12-18)4-2-1-3-15-5-7-17(8-6-15)22-13-19(23(28)25-29)20-14-26(30)10-9-21(20)24-22/h5-10,13-14,16,18,27H,11-12H2,(H2-,24,25,28,29,30)/p+1. The van der Waals surface area contributed by atoms with E-state index in [1.807, 2.05) is 24.3 Å². The van der Waals surface area contributed by atoms with Crippen LogP contribution in [0.4, 0.5) is 0 Å². The number of fused-ring (bicyclic) bond motifs is 1. The zero-order chi connectivity index (χ0) is 21.1. The molecule has 0 saturated heterocycles. The zero-order valence-corrected chi connectivity index (χ0v) is 15.8. The van der Waals surface area contributed by atoms with Crippen LogP contribution >= 0.6 is 0 Å². The molecule has 30 heavy (non-hydrogen) atoms. The molecule has 7 nitrogen and oxygen atoms in total. The third-order valence-electron chi connectivity index (χ3n) is 4.92. The number of pyridine rings is 2. The maximum Gasteiger partial charge on any atom is 0.275 e. The van der Waals surface area contributed by atoms with E-state index >= 15 is 0 Å². The van der Waals surface area contributed by atoms with E-state index in [0.29, 0.717) is 16.6 Å². The minimum Gasteiger partial charge on any atom is -0.393 e. The molecule has 1 aromatic carbocycles. The van der Waals surface area contributed by atoms with Gasteiger partial charge in [-0.15, -0.1) is 0 Å². The van der Waals surface area contributed by atoms with E-state index in [-0.39, 0.29) is 17.6 Å². The van der Waals surface area contributed by atoms with Crippen LogP contribution in [-0.2, 0) is 0 Å². The average Bonchev–Trinajstić information content (AvgIpc) is 2.74. The third-order valence-corrected chi connectivity index (χ3v) is 4.92. The van der Waals surface area contributed by atoms with Gasteiger partial charge in [0.1, 0.15) is 0 Å². The van der Waals surface area contributed by atoms with Gasteiger partial charge in [-0.2, -0.15) is 0 Å². The number of aliphatic hydroxyl groups excluding tert-OH is 1. The van der Waals surface area contributed by atoms with Gasteiger partial charge in [0.2, 0.25) is 12.4 Å². The number of aliphatic hydroxyl groups is 1. The van der Waals surface area contributed by atoms with Gasteiger partial charge in [-0.25, -0.2) is 10.5 Å². The molecule has 1 fully saturated rings. The highest BCUT2D eigenvalue weighted by atomic mass is 16.5. The average molecular weight is 400 g/mol. The molecule has 4 rings (SSSR count). The minimum absolute atomic E-state index is 0.182. The predicted molar refractivity (Wildman–Crippen MR) is 107 cm³/mol. The lowest BCUT2D eigenvalue weighted by molar-refractivity contribution is -0.904. The van der Waals surface area contributed by atoms with Gasteiger partial charge >= 0.3 is 0 Å². The Morgan fingerprint density at radius 2 is 1.93 bits per heavy atom. The minimum atomic E-state index is -0.699. The molecule has 4 N–H and O–H groups in total. The Morgan fingerprint density at radius 1 is 1.17 bits per heavy atom. The number of nitrogens with zero attached hydrogens (tertiary/aromatic N) is 2. The molecule has 1 amide bonds. The predicted octanol–water partition coefficient (Wildman–Crippen LogP) is 1.67. The van der Waals surface area contributed by atoms with E-state index < -0.39 is 5.91 Å². The Balaban J connectivity index is 1.61. The third kappa shape index (κ3) is 4.08. The Kier molecular flexibility index (Phi) is 5.32. The molecule has 148 valence electrons. The van der Waals surface area contributed by atoms with Gasteiger partial charge in [0.05, 0.1) is 28.3 Å². The molecule has 0 unspecified atom stereocenters. The quantitative estimate of drug-likeness (QED) is 0.172. The second-order valence-corrected chi connectivity index (χ2v) is 7.04. The summed E-state index contributed by atoms with van der Waals surface area (Å²) in [5.74, 6) is 11.2. The van der Waals surface area contributed by atoms with Gasteiger partial charge in [0.15, 0.2) is 0 Å². The van der Waals surface area contributed by atoms with Crippen molar-refractivity contribution in [1.82, 2.24) is 10.5 Å². The molecule has 2 aromatic heterocycles. The van der Waals surface area contributed by atoms with Crippen molar-refractivity contribution in [3.05, 3.63) is 59.9 Å². The number of hydrogen-bond donors (Lipinski definition) is 4. The second kappa shape index (κ2) is 8.22. The maximum absolute atomic E-state index is 12.1. The molecule has 1 saturated carbocycles.